The average molecular weight is 222 g/mol. The highest BCUT2D eigenvalue weighted by Crippen LogP contribution is 2.20. The first kappa shape index (κ1) is 12.7. The molecule has 0 unspecified atom stereocenters. The minimum atomic E-state index is -0.491. The summed E-state index contributed by atoms with van der Waals surface area (Å²) >= 11 is 11.5. The van der Waals surface area contributed by atoms with Crippen LogP contribution in [-0.2, 0) is 0 Å². The Hall–Kier alpha value is -0.280. The summed E-state index contributed by atoms with van der Waals surface area (Å²) in [6.07, 6.45) is 3.21. The second kappa shape index (κ2) is 6.22. The van der Waals surface area contributed by atoms with Crippen molar-refractivity contribution in [3.63, 3.8) is 0 Å². The van der Waals surface area contributed by atoms with Gasteiger partial charge in [0.2, 0.25) is 0 Å². The first-order chi connectivity index (χ1) is 6.02. The quantitative estimate of drug-likeness (QED) is 0.715. The van der Waals surface area contributed by atoms with Crippen molar-refractivity contribution in [3.05, 3.63) is 34.4 Å². The van der Waals surface area contributed by atoms with Crippen molar-refractivity contribution in [3.8, 4) is 0 Å². The lowest BCUT2D eigenvalue weighted by molar-refractivity contribution is 0.281. The molecule has 0 spiro atoms. The summed E-state index contributed by atoms with van der Waals surface area (Å²) in [6, 6.07) is -0.491. The topological polar surface area (TPSA) is 46.2 Å². The minimum absolute atomic E-state index is 0.160. The monoisotopic (exact) mass is 221 g/mol. The number of aliphatic hydroxyl groups is 1. The largest absolute Gasteiger partial charge is 0.394 e. The third-order valence-electron chi connectivity index (χ3n) is 1.47. The van der Waals surface area contributed by atoms with Crippen LogP contribution in [0.4, 0.5) is 0 Å². The Balaban J connectivity index is 4.48. The molecule has 0 aliphatic heterocycles. The van der Waals surface area contributed by atoms with Crippen LogP contribution in [0.5, 0.6) is 0 Å². The smallest absolute Gasteiger partial charge is 0.0624 e. The third-order valence-corrected chi connectivity index (χ3v) is 2.30. The highest BCUT2D eigenvalue weighted by Gasteiger charge is 2.04. The normalized spacial score (nSPS) is 15.8. The molecule has 3 N–H and O–H groups in total. The van der Waals surface area contributed by atoms with E-state index in [2.05, 4.69) is 6.58 Å². The number of hydrogen-bond donors (Lipinski definition) is 2. The Morgan fingerprint density at radius 1 is 1.54 bits per heavy atom. The van der Waals surface area contributed by atoms with E-state index in [4.69, 9.17) is 34.0 Å². The summed E-state index contributed by atoms with van der Waals surface area (Å²) in [7, 11) is 0. The summed E-state index contributed by atoms with van der Waals surface area (Å²) < 4.78 is 0. The molecule has 74 valence electrons. The van der Waals surface area contributed by atoms with Gasteiger partial charge in [0.05, 0.1) is 22.7 Å². The van der Waals surface area contributed by atoms with Gasteiger partial charge in [0, 0.05) is 0 Å². The second-order valence-corrected chi connectivity index (χ2v) is 3.31. The van der Waals surface area contributed by atoms with Crippen LogP contribution < -0.4 is 5.73 Å². The Kier molecular flexibility index (Phi) is 6.08. The van der Waals surface area contributed by atoms with Gasteiger partial charge in [-0.2, -0.15) is 0 Å². The van der Waals surface area contributed by atoms with Crippen LogP contribution in [0.3, 0.4) is 0 Å². The molecule has 1 atom stereocenters. The van der Waals surface area contributed by atoms with Crippen LogP contribution in [0.2, 0.25) is 0 Å². The van der Waals surface area contributed by atoms with E-state index in [0.29, 0.717) is 15.6 Å². The minimum Gasteiger partial charge on any atom is -0.394 e. The fourth-order valence-electron chi connectivity index (χ4n) is 0.594. The SMILES string of the molecule is C=C(/C=C(Cl)\C(Cl)=C/C)[C@H](N)CO. The molecule has 0 bridgehead atoms. The lowest BCUT2D eigenvalue weighted by Crippen LogP contribution is -2.25. The van der Waals surface area contributed by atoms with Crippen molar-refractivity contribution >= 4 is 23.2 Å². The van der Waals surface area contributed by atoms with Crippen molar-refractivity contribution in [1.29, 1.82) is 0 Å². The van der Waals surface area contributed by atoms with Crippen molar-refractivity contribution in [1.82, 2.24) is 0 Å². The average Bonchev–Trinajstić information content (AvgIpc) is 2.14. The molecule has 0 heterocycles. The van der Waals surface area contributed by atoms with E-state index in [1.54, 1.807) is 19.1 Å². The highest BCUT2D eigenvalue weighted by molar-refractivity contribution is 6.44. The predicted molar refractivity (Wildman–Crippen MR) is 57.7 cm³/mol. The van der Waals surface area contributed by atoms with Crippen molar-refractivity contribution in [2.24, 2.45) is 5.73 Å². The maximum Gasteiger partial charge on any atom is 0.0624 e. The van der Waals surface area contributed by atoms with E-state index in [9.17, 15) is 0 Å². The van der Waals surface area contributed by atoms with E-state index in [1.165, 1.54) is 0 Å². The van der Waals surface area contributed by atoms with Gasteiger partial charge in [0.15, 0.2) is 0 Å². The number of allylic oxidation sites excluding steroid dienone is 3. The van der Waals surface area contributed by atoms with E-state index in [1.807, 2.05) is 0 Å². The van der Waals surface area contributed by atoms with E-state index >= 15 is 0 Å². The van der Waals surface area contributed by atoms with Gasteiger partial charge >= 0.3 is 0 Å². The number of aliphatic hydroxyl groups excluding tert-OH is 1. The summed E-state index contributed by atoms with van der Waals surface area (Å²) in [6.45, 7) is 5.26. The fraction of sp³-hybridized carbons (Fsp3) is 0.333. The zero-order valence-corrected chi connectivity index (χ0v) is 8.94. The molecule has 0 aromatic heterocycles. The second-order valence-electron chi connectivity index (χ2n) is 2.49. The molecule has 4 heteroatoms. The Bertz CT molecular complexity index is 246. The lowest BCUT2D eigenvalue weighted by Gasteiger charge is -2.07. The van der Waals surface area contributed by atoms with Crippen molar-refractivity contribution in [2.75, 3.05) is 6.61 Å². The van der Waals surface area contributed by atoms with Gasteiger partial charge in [-0.05, 0) is 18.6 Å². The van der Waals surface area contributed by atoms with Crippen LogP contribution in [0, 0.1) is 0 Å². The predicted octanol–water partition coefficient (Wildman–Crippen LogP) is 2.13. The van der Waals surface area contributed by atoms with Crippen LogP contribution in [-0.4, -0.2) is 17.8 Å². The Morgan fingerprint density at radius 2 is 2.08 bits per heavy atom. The summed E-state index contributed by atoms with van der Waals surface area (Å²) in [5.41, 5.74) is 6.04. The number of halogens is 2. The zero-order valence-electron chi connectivity index (χ0n) is 7.43. The number of nitrogens with two attached hydrogens (primary N) is 1. The third kappa shape index (κ3) is 4.48. The molecule has 0 radical (unpaired) electrons. The number of hydrogen-bond acceptors (Lipinski definition) is 2. The molecule has 0 amide bonds. The molecule has 2 nitrogen and oxygen atoms in total. The molecule has 0 aromatic carbocycles. The molecule has 0 aliphatic carbocycles. The van der Waals surface area contributed by atoms with Crippen LogP contribution in [0.25, 0.3) is 0 Å². The molecular formula is C9H13Cl2NO. The Morgan fingerprint density at radius 3 is 2.46 bits per heavy atom. The van der Waals surface area contributed by atoms with E-state index in [-0.39, 0.29) is 6.61 Å². The highest BCUT2D eigenvalue weighted by atomic mass is 35.5. The first-order valence-corrected chi connectivity index (χ1v) is 4.53. The number of rotatable bonds is 4. The van der Waals surface area contributed by atoms with E-state index < -0.39 is 6.04 Å². The van der Waals surface area contributed by atoms with Gasteiger partial charge in [-0.3, -0.25) is 0 Å². The van der Waals surface area contributed by atoms with Gasteiger partial charge in [0.1, 0.15) is 0 Å². The van der Waals surface area contributed by atoms with Crippen molar-refractivity contribution in [2.45, 2.75) is 13.0 Å². The maximum absolute atomic E-state index is 8.71. The van der Waals surface area contributed by atoms with Gasteiger partial charge < -0.3 is 10.8 Å². The van der Waals surface area contributed by atoms with Crippen LogP contribution >= 0.6 is 23.2 Å². The van der Waals surface area contributed by atoms with Gasteiger partial charge in [-0.1, -0.05) is 35.9 Å². The van der Waals surface area contributed by atoms with E-state index in [0.717, 1.165) is 0 Å². The molecule has 13 heavy (non-hydrogen) atoms. The Labute approximate surface area is 88.3 Å². The molecular weight excluding hydrogens is 209 g/mol. The van der Waals surface area contributed by atoms with Crippen LogP contribution in [0.15, 0.2) is 34.4 Å². The molecule has 0 saturated carbocycles. The molecule has 0 fully saturated rings. The standard InChI is InChI=1S/C9H13Cl2NO/c1-3-7(10)8(11)4-6(2)9(12)5-13/h3-4,9,13H,2,5,12H2,1H3/b7-3+,8-4+/t9-/m1/s1. The van der Waals surface area contributed by atoms with Gasteiger partial charge in [-0.15, -0.1) is 0 Å². The maximum atomic E-state index is 8.71. The molecule has 0 aromatic rings. The van der Waals surface area contributed by atoms with Crippen LogP contribution in [0.1, 0.15) is 6.92 Å². The fourth-order valence-corrected chi connectivity index (χ4v) is 0.898. The molecule has 0 aliphatic rings. The molecule has 0 rings (SSSR count). The van der Waals surface area contributed by atoms with Gasteiger partial charge in [0.25, 0.3) is 0 Å². The van der Waals surface area contributed by atoms with Crippen molar-refractivity contribution < 1.29 is 5.11 Å². The summed E-state index contributed by atoms with van der Waals surface area (Å²) in [4.78, 5) is 0. The molecule has 0 saturated heterocycles. The zero-order chi connectivity index (χ0) is 10.4. The lowest BCUT2D eigenvalue weighted by atomic mass is 10.1. The summed E-state index contributed by atoms with van der Waals surface area (Å²) in [5.74, 6) is 0. The van der Waals surface area contributed by atoms with Gasteiger partial charge in [-0.25, -0.2) is 0 Å². The summed E-state index contributed by atoms with van der Waals surface area (Å²) in [5, 5.41) is 9.52. The first-order valence-electron chi connectivity index (χ1n) is 3.77.